The minimum Gasteiger partial charge on any atom is -0.497 e. The Bertz CT molecular complexity index is 2010. The second kappa shape index (κ2) is 17.1. The lowest BCUT2D eigenvalue weighted by Gasteiger charge is -2.37. The van der Waals surface area contributed by atoms with Crippen LogP contribution in [0.5, 0.6) is 5.75 Å². The number of aryl methyl sites for hydroxylation is 1. The van der Waals surface area contributed by atoms with Crippen LogP contribution in [0.15, 0.2) is 79.0 Å². The highest BCUT2D eigenvalue weighted by Crippen LogP contribution is 2.60. The van der Waals surface area contributed by atoms with Gasteiger partial charge in [0.15, 0.2) is 5.60 Å². The molecular weight excluding hydrogens is 731 g/mol. The Hall–Kier alpha value is -4.89. The number of aliphatic hydroxyl groups excluding tert-OH is 2. The molecule has 1 fully saturated rings. The number of rotatable bonds is 16. The van der Waals surface area contributed by atoms with Gasteiger partial charge in [-0.15, -0.1) is 5.10 Å². The van der Waals surface area contributed by atoms with Crippen molar-refractivity contribution < 1.29 is 38.8 Å². The predicted molar refractivity (Wildman–Crippen MR) is 215 cm³/mol. The van der Waals surface area contributed by atoms with Crippen LogP contribution in [0.2, 0.25) is 18.6 Å². The van der Waals surface area contributed by atoms with Crippen molar-refractivity contribution in [1.82, 2.24) is 15.0 Å². The van der Waals surface area contributed by atoms with Gasteiger partial charge in [-0.2, -0.15) is 0 Å². The molecule has 2 aliphatic rings. The molecule has 56 heavy (non-hydrogen) atoms. The molecular formula is C42H53N5O8Si. The van der Waals surface area contributed by atoms with Crippen LogP contribution in [0.3, 0.4) is 0 Å². The number of nitrogens with one attached hydrogen (secondary N) is 1. The van der Waals surface area contributed by atoms with Gasteiger partial charge in [-0.3, -0.25) is 19.1 Å². The molecule has 298 valence electrons. The average molecular weight is 784 g/mol. The molecule has 4 aromatic rings. The van der Waals surface area contributed by atoms with Crippen LogP contribution in [0.4, 0.5) is 11.4 Å². The van der Waals surface area contributed by atoms with Gasteiger partial charge in [0.05, 0.1) is 52.3 Å². The number of ether oxygens (including phenoxy) is 3. The van der Waals surface area contributed by atoms with Crippen molar-refractivity contribution in [3.63, 3.8) is 0 Å². The summed E-state index contributed by atoms with van der Waals surface area (Å²) in [5.74, 6) is -0.900. The number of carbonyl (C=O) groups excluding carboxylic acids is 3. The number of anilines is 2. The van der Waals surface area contributed by atoms with E-state index in [2.05, 4.69) is 47.8 Å². The van der Waals surface area contributed by atoms with E-state index in [0.717, 1.165) is 11.3 Å². The lowest BCUT2D eigenvalue weighted by atomic mass is 9.82. The van der Waals surface area contributed by atoms with Crippen molar-refractivity contribution >= 4 is 42.4 Å². The molecule has 1 spiro atoms. The SMILES string of the molecule is COC(=O)CCCCN1C(=O)[C@@]2(O[C@@H](CCn3cc(C(CO)c4ccccc4)nn3)[C@H]([Si](C)(C)c3ccc(OC)cc3)[C@H]2C)c2cc(NC(=O)[C@H](C)O)ccc21. The van der Waals surface area contributed by atoms with Crippen molar-refractivity contribution in [2.45, 2.75) is 88.4 Å². The third kappa shape index (κ3) is 7.88. The van der Waals surface area contributed by atoms with Gasteiger partial charge >= 0.3 is 5.97 Å². The van der Waals surface area contributed by atoms with E-state index in [1.165, 1.54) is 19.2 Å². The highest BCUT2D eigenvalue weighted by molar-refractivity contribution is 6.91. The Morgan fingerprint density at radius 1 is 1.04 bits per heavy atom. The molecule has 1 aromatic heterocycles. The molecule has 0 saturated carbocycles. The van der Waals surface area contributed by atoms with E-state index in [0.29, 0.717) is 55.0 Å². The number of aliphatic hydroxyl groups is 2. The minimum atomic E-state index is -2.46. The highest BCUT2D eigenvalue weighted by Gasteiger charge is 2.66. The second-order valence-corrected chi connectivity index (χ2v) is 20.1. The third-order valence-electron chi connectivity index (χ3n) is 11.7. The number of methoxy groups -OCH3 is 2. The summed E-state index contributed by atoms with van der Waals surface area (Å²) >= 11 is 0. The van der Waals surface area contributed by atoms with Gasteiger partial charge < -0.3 is 34.6 Å². The molecule has 2 amide bonds. The first-order valence-corrected chi connectivity index (χ1v) is 22.3. The number of hydrogen-bond acceptors (Lipinski definition) is 10. The standard InChI is InChI=1S/C42H53N5O8Si/c1-27-39(56(5,6)32-18-16-31(53-3)17-19-32)37(21-23-46-25-35(44-45-46)33(26-48)29-12-8-7-9-13-29)55-42(27)34-24-30(43-40(51)28(2)49)15-20-36(34)47(41(42)52)22-11-10-14-38(50)54-4/h7-9,12-13,15-20,24-25,27-28,33,37,39,48-49H,10-11,14,21-23,26H2,1-6H3,(H,43,51)/t27-,28+,33?,37+,39-,42+/m1/s1. The number of carbonyl (C=O) groups is 3. The first-order valence-electron chi connectivity index (χ1n) is 19.3. The molecule has 3 N–H and O–H groups in total. The van der Waals surface area contributed by atoms with E-state index >= 15 is 4.79 Å². The van der Waals surface area contributed by atoms with Crippen LogP contribution < -0.4 is 20.1 Å². The highest BCUT2D eigenvalue weighted by atomic mass is 28.3. The summed E-state index contributed by atoms with van der Waals surface area (Å²) in [5, 5.41) is 33.2. The fourth-order valence-corrected chi connectivity index (χ4v) is 12.7. The summed E-state index contributed by atoms with van der Waals surface area (Å²) in [6, 6.07) is 23.3. The van der Waals surface area contributed by atoms with Crippen molar-refractivity contribution in [2.75, 3.05) is 37.6 Å². The van der Waals surface area contributed by atoms with E-state index < -0.39 is 25.7 Å². The topological polar surface area (TPSA) is 165 Å². The zero-order chi connectivity index (χ0) is 40.2. The molecule has 0 bridgehead atoms. The van der Waals surface area contributed by atoms with Gasteiger partial charge in [-0.1, -0.05) is 72.9 Å². The summed E-state index contributed by atoms with van der Waals surface area (Å²) < 4.78 is 19.4. The van der Waals surface area contributed by atoms with Crippen molar-refractivity contribution in [1.29, 1.82) is 0 Å². The van der Waals surface area contributed by atoms with Crippen LogP contribution in [0.25, 0.3) is 0 Å². The number of nitrogens with zero attached hydrogens (tertiary/aromatic N) is 4. The molecule has 2 aliphatic heterocycles. The van der Waals surface area contributed by atoms with Gasteiger partial charge in [0.1, 0.15) is 11.9 Å². The molecule has 3 aromatic carbocycles. The van der Waals surface area contributed by atoms with Gasteiger partial charge in [-0.25, -0.2) is 0 Å². The normalized spacial score (nSPS) is 21.5. The quantitative estimate of drug-likeness (QED) is 0.0823. The number of esters is 1. The Morgan fingerprint density at radius 2 is 1.77 bits per heavy atom. The maximum absolute atomic E-state index is 15.1. The third-order valence-corrected chi connectivity index (χ3v) is 16.0. The molecule has 0 radical (unpaired) electrons. The van der Waals surface area contributed by atoms with Crippen LogP contribution in [-0.4, -0.2) is 90.6 Å². The van der Waals surface area contributed by atoms with Gasteiger partial charge in [-0.05, 0) is 67.6 Å². The first-order chi connectivity index (χ1) is 26.8. The van der Waals surface area contributed by atoms with Crippen LogP contribution in [-0.2, 0) is 36.0 Å². The molecule has 6 rings (SSSR count). The molecule has 3 heterocycles. The fourth-order valence-electron chi connectivity index (χ4n) is 8.67. The number of aromatic nitrogens is 3. The smallest absolute Gasteiger partial charge is 0.305 e. The molecule has 1 saturated heterocycles. The lowest BCUT2D eigenvalue weighted by molar-refractivity contribution is -0.146. The molecule has 1 unspecified atom stereocenters. The molecule has 13 nitrogen and oxygen atoms in total. The van der Waals surface area contributed by atoms with Gasteiger partial charge in [0, 0.05) is 42.9 Å². The number of benzene rings is 3. The van der Waals surface area contributed by atoms with Crippen molar-refractivity contribution in [3.05, 3.63) is 95.8 Å². The fraction of sp³-hybridized carbons (Fsp3) is 0.452. The van der Waals surface area contributed by atoms with E-state index in [9.17, 15) is 19.8 Å². The van der Waals surface area contributed by atoms with Gasteiger partial charge in [0.2, 0.25) is 0 Å². The van der Waals surface area contributed by atoms with Crippen molar-refractivity contribution in [3.8, 4) is 5.75 Å². The monoisotopic (exact) mass is 783 g/mol. The van der Waals surface area contributed by atoms with E-state index in [1.807, 2.05) is 60.8 Å². The van der Waals surface area contributed by atoms with E-state index in [1.54, 1.807) is 22.8 Å². The second-order valence-electron chi connectivity index (χ2n) is 15.4. The number of amides is 2. The first kappa shape index (κ1) is 40.8. The number of hydrogen-bond donors (Lipinski definition) is 3. The van der Waals surface area contributed by atoms with E-state index in [-0.39, 0.29) is 48.4 Å². The number of fused-ring (bicyclic) bond motifs is 2. The van der Waals surface area contributed by atoms with E-state index in [4.69, 9.17) is 14.2 Å². The summed E-state index contributed by atoms with van der Waals surface area (Å²) in [4.78, 5) is 41.4. The maximum Gasteiger partial charge on any atom is 0.305 e. The Morgan fingerprint density at radius 3 is 2.43 bits per heavy atom. The Kier molecular flexibility index (Phi) is 12.4. The van der Waals surface area contributed by atoms with Crippen molar-refractivity contribution in [2.24, 2.45) is 5.92 Å². The number of unbranched alkanes of at least 4 members (excludes halogenated alkanes) is 1. The van der Waals surface area contributed by atoms with Gasteiger partial charge in [0.25, 0.3) is 11.8 Å². The van der Waals surface area contributed by atoms with Crippen LogP contribution >= 0.6 is 0 Å². The molecule has 6 atom stereocenters. The zero-order valence-electron chi connectivity index (χ0n) is 33.0. The summed E-state index contributed by atoms with van der Waals surface area (Å²) in [5.41, 5.74) is 1.98. The zero-order valence-corrected chi connectivity index (χ0v) is 34.0. The summed E-state index contributed by atoms with van der Waals surface area (Å²) in [6.07, 6.45) is 2.14. The van der Waals surface area contributed by atoms with Crippen LogP contribution in [0, 0.1) is 5.92 Å². The summed E-state index contributed by atoms with van der Waals surface area (Å²) in [7, 11) is 0.544. The Balaban J connectivity index is 1.38. The predicted octanol–water partition coefficient (Wildman–Crippen LogP) is 4.73. The van der Waals surface area contributed by atoms with Crippen LogP contribution in [0.1, 0.15) is 62.3 Å². The molecule has 0 aliphatic carbocycles. The maximum atomic E-state index is 15.1. The summed E-state index contributed by atoms with van der Waals surface area (Å²) in [6.45, 7) is 8.84. The molecule has 14 heteroatoms. The largest absolute Gasteiger partial charge is 0.497 e. The lowest BCUT2D eigenvalue weighted by Crippen LogP contribution is -2.52. The Labute approximate surface area is 329 Å². The minimum absolute atomic E-state index is 0.0554. The average Bonchev–Trinajstić information content (AvgIpc) is 3.86.